The van der Waals surface area contributed by atoms with E-state index in [0.717, 1.165) is 44.7 Å². The summed E-state index contributed by atoms with van der Waals surface area (Å²) in [7, 11) is 1.64. The van der Waals surface area contributed by atoms with E-state index in [1.54, 1.807) is 7.05 Å². The largest absolute Gasteiger partial charge is 0.487 e. The quantitative estimate of drug-likeness (QED) is 0.152. The van der Waals surface area contributed by atoms with Crippen molar-refractivity contribution in [2.75, 3.05) is 13.6 Å². The predicted molar refractivity (Wildman–Crippen MR) is 163 cm³/mol. The van der Waals surface area contributed by atoms with Crippen molar-refractivity contribution in [1.29, 1.82) is 0 Å². The number of rotatable bonds is 11. The molecule has 2 heterocycles. The minimum Gasteiger partial charge on any atom is -0.487 e. The Balaban J connectivity index is 1.30. The average molecular weight is 561 g/mol. The lowest BCUT2D eigenvalue weighted by atomic mass is 10.0. The van der Waals surface area contributed by atoms with Crippen LogP contribution >= 0.6 is 0 Å². The predicted octanol–water partition coefficient (Wildman–Crippen LogP) is 6.17. The molecule has 8 heteroatoms. The Bertz CT molecular complexity index is 1720. The first-order chi connectivity index (χ1) is 20.3. The number of aromatic nitrogens is 2. The molecule has 8 nitrogen and oxygen atoms in total. The minimum absolute atomic E-state index is 0.229. The maximum atomic E-state index is 11.3. The highest BCUT2D eigenvalue weighted by molar-refractivity contribution is 6.12. The van der Waals surface area contributed by atoms with Crippen molar-refractivity contribution >= 4 is 22.6 Å². The zero-order valence-corrected chi connectivity index (χ0v) is 23.8. The van der Waals surface area contributed by atoms with Crippen LogP contribution in [-0.4, -0.2) is 45.4 Å². The molecule has 0 unspecified atom stereocenters. The van der Waals surface area contributed by atoms with E-state index in [-0.39, 0.29) is 6.54 Å². The van der Waals surface area contributed by atoms with Crippen LogP contribution in [0.1, 0.15) is 33.8 Å². The van der Waals surface area contributed by atoms with E-state index in [1.165, 1.54) is 5.01 Å². The Labute approximate surface area is 244 Å². The zero-order valence-electron chi connectivity index (χ0n) is 23.8. The van der Waals surface area contributed by atoms with Gasteiger partial charge in [-0.1, -0.05) is 30.3 Å². The summed E-state index contributed by atoms with van der Waals surface area (Å²) in [4.78, 5) is 20.5. The molecule has 0 radical (unpaired) electrons. The van der Waals surface area contributed by atoms with Gasteiger partial charge >= 0.3 is 5.97 Å². The van der Waals surface area contributed by atoms with Crippen molar-refractivity contribution in [2.45, 2.75) is 27.1 Å². The summed E-state index contributed by atoms with van der Waals surface area (Å²) in [6, 6.07) is 31.1. The number of hydrazone groups is 1. The summed E-state index contributed by atoms with van der Waals surface area (Å²) >= 11 is 0. The van der Waals surface area contributed by atoms with Gasteiger partial charge in [-0.25, -0.2) is 4.98 Å². The first kappa shape index (κ1) is 28.3. The van der Waals surface area contributed by atoms with Crippen molar-refractivity contribution in [3.63, 3.8) is 0 Å². The smallest absolute Gasteiger partial charge is 0.324 e. The molecule has 2 aromatic heterocycles. The van der Waals surface area contributed by atoms with Crippen molar-refractivity contribution < 1.29 is 19.4 Å². The molecule has 212 valence electrons. The molecule has 42 heavy (non-hydrogen) atoms. The fourth-order valence-corrected chi connectivity index (χ4v) is 4.37. The lowest BCUT2D eigenvalue weighted by molar-refractivity contribution is -0.137. The molecular weight excluding hydrogens is 528 g/mol. The molecule has 0 fully saturated rings. The number of carboxylic acids is 1. The van der Waals surface area contributed by atoms with Gasteiger partial charge in [-0.05, 0) is 86.1 Å². The Kier molecular flexibility index (Phi) is 8.72. The Hall–Kier alpha value is -5.24. The van der Waals surface area contributed by atoms with E-state index in [0.29, 0.717) is 30.4 Å². The van der Waals surface area contributed by atoms with Crippen LogP contribution in [0.3, 0.4) is 0 Å². The van der Waals surface area contributed by atoms with Crippen LogP contribution in [-0.2, 0) is 18.0 Å². The minimum atomic E-state index is -0.963. The van der Waals surface area contributed by atoms with Crippen LogP contribution in [0.4, 0.5) is 0 Å². The van der Waals surface area contributed by atoms with Crippen molar-refractivity contribution in [3.8, 4) is 11.5 Å². The molecule has 0 saturated heterocycles. The maximum absolute atomic E-state index is 11.3. The fraction of sp³-hybridized carbons (Fsp3) is 0.176. The molecule has 0 aliphatic rings. The number of likely N-dealkylation sites (N-methyl/N-ethyl adjacent to an activating group) is 1. The van der Waals surface area contributed by atoms with Gasteiger partial charge < -0.3 is 14.6 Å². The Morgan fingerprint density at radius 3 is 1.93 bits per heavy atom. The van der Waals surface area contributed by atoms with Crippen LogP contribution in [0, 0.1) is 13.8 Å². The molecule has 0 saturated carbocycles. The van der Waals surface area contributed by atoms with Crippen LogP contribution in [0.15, 0.2) is 102 Å². The van der Waals surface area contributed by atoms with Gasteiger partial charge in [0.2, 0.25) is 0 Å². The standard InChI is InChI=1S/C34H32N4O4/c1-23-8-14-28(35-24(23)2)21-41-30-16-10-26(11-17-30)34(37-38(3)20-33(39)40)27-12-18-31(19-13-27)42-22-29-15-9-25-6-4-5-7-32(25)36-29/h4-19H,20-22H2,1-3H3,(H,39,40)/b37-34-. The maximum Gasteiger partial charge on any atom is 0.324 e. The summed E-state index contributed by atoms with van der Waals surface area (Å²) in [5.74, 6) is 0.425. The van der Waals surface area contributed by atoms with Crippen molar-refractivity contribution in [3.05, 3.63) is 131 Å². The van der Waals surface area contributed by atoms with Gasteiger partial charge in [0.1, 0.15) is 31.3 Å². The lowest BCUT2D eigenvalue weighted by Gasteiger charge is -2.15. The van der Waals surface area contributed by atoms with Gasteiger partial charge in [-0.2, -0.15) is 5.10 Å². The first-order valence-corrected chi connectivity index (χ1v) is 13.6. The number of ether oxygens (including phenoxy) is 2. The van der Waals surface area contributed by atoms with E-state index in [4.69, 9.17) is 9.47 Å². The number of carbonyl (C=O) groups is 1. The van der Waals surface area contributed by atoms with Gasteiger partial charge in [0.25, 0.3) is 0 Å². The first-order valence-electron chi connectivity index (χ1n) is 13.6. The summed E-state index contributed by atoms with van der Waals surface area (Å²) in [5, 5.41) is 16.4. The molecule has 1 N–H and O–H groups in total. The van der Waals surface area contributed by atoms with E-state index in [9.17, 15) is 9.90 Å². The number of benzene rings is 3. The Morgan fingerprint density at radius 1 is 0.762 bits per heavy atom. The third kappa shape index (κ3) is 7.28. The van der Waals surface area contributed by atoms with E-state index in [2.05, 4.69) is 15.1 Å². The number of para-hydroxylation sites is 1. The van der Waals surface area contributed by atoms with E-state index < -0.39 is 5.97 Å². The third-order valence-electron chi connectivity index (χ3n) is 6.73. The number of aryl methyl sites for hydroxylation is 2. The molecular formula is C34H32N4O4. The summed E-state index contributed by atoms with van der Waals surface area (Å²) < 4.78 is 11.9. The average Bonchev–Trinajstić information content (AvgIpc) is 2.99. The lowest BCUT2D eigenvalue weighted by Crippen LogP contribution is -2.23. The second-order valence-electron chi connectivity index (χ2n) is 9.98. The third-order valence-corrected chi connectivity index (χ3v) is 6.73. The number of pyridine rings is 2. The highest BCUT2D eigenvalue weighted by Crippen LogP contribution is 2.21. The van der Waals surface area contributed by atoms with Gasteiger partial charge in [0, 0.05) is 29.3 Å². The normalized spacial score (nSPS) is 11.4. The molecule has 3 aromatic carbocycles. The molecule has 0 aliphatic heterocycles. The summed E-state index contributed by atoms with van der Waals surface area (Å²) in [5.41, 5.74) is 7.02. The summed E-state index contributed by atoms with van der Waals surface area (Å²) in [6.45, 7) is 4.48. The molecule has 0 atom stereocenters. The molecule has 0 spiro atoms. The van der Waals surface area contributed by atoms with Gasteiger partial charge in [0.15, 0.2) is 0 Å². The molecule has 5 aromatic rings. The highest BCUT2D eigenvalue weighted by Gasteiger charge is 2.12. The number of hydrogen-bond acceptors (Lipinski definition) is 7. The Morgan fingerprint density at radius 2 is 1.33 bits per heavy atom. The number of carboxylic acid groups (broad SMARTS) is 1. The molecule has 0 bridgehead atoms. The molecule has 0 amide bonds. The molecule has 0 aliphatic carbocycles. The number of hydrogen-bond donors (Lipinski definition) is 1. The highest BCUT2D eigenvalue weighted by atomic mass is 16.5. The monoisotopic (exact) mass is 560 g/mol. The van der Waals surface area contributed by atoms with Crippen LogP contribution < -0.4 is 9.47 Å². The summed E-state index contributed by atoms with van der Waals surface area (Å²) in [6.07, 6.45) is 0. The topological polar surface area (TPSA) is 97.1 Å². The van der Waals surface area contributed by atoms with Crippen LogP contribution in [0.25, 0.3) is 10.9 Å². The zero-order chi connectivity index (χ0) is 29.5. The van der Waals surface area contributed by atoms with Gasteiger partial charge in [0.05, 0.1) is 22.6 Å². The van der Waals surface area contributed by atoms with Gasteiger partial charge in [-0.3, -0.25) is 14.8 Å². The van der Waals surface area contributed by atoms with Crippen LogP contribution in [0.5, 0.6) is 11.5 Å². The van der Waals surface area contributed by atoms with Gasteiger partial charge in [-0.15, -0.1) is 0 Å². The second-order valence-corrected chi connectivity index (χ2v) is 9.98. The van der Waals surface area contributed by atoms with Crippen LogP contribution in [0.2, 0.25) is 0 Å². The SMILES string of the molecule is Cc1ccc(COc2ccc(/C(=N/N(C)CC(=O)O)c3ccc(OCc4ccc5ccccc5n4)cc3)cc2)nc1C. The second kappa shape index (κ2) is 13.0. The van der Waals surface area contributed by atoms with E-state index >= 15 is 0 Å². The number of nitrogens with zero attached hydrogens (tertiary/aromatic N) is 4. The van der Waals surface area contributed by atoms with Crippen molar-refractivity contribution in [1.82, 2.24) is 15.0 Å². The fourth-order valence-electron chi connectivity index (χ4n) is 4.37. The number of aliphatic carboxylic acids is 1. The molecule has 5 rings (SSSR count). The van der Waals surface area contributed by atoms with E-state index in [1.807, 2.05) is 111 Å². The number of fused-ring (bicyclic) bond motifs is 1. The van der Waals surface area contributed by atoms with Crippen molar-refractivity contribution in [2.24, 2.45) is 5.10 Å².